The van der Waals surface area contributed by atoms with E-state index in [0.717, 1.165) is 17.3 Å². The Kier molecular flexibility index (Phi) is 4.01. The number of rotatable bonds is 3. The molecule has 1 aromatic rings. The summed E-state index contributed by atoms with van der Waals surface area (Å²) in [4.78, 5) is 11.0. The fourth-order valence-corrected chi connectivity index (χ4v) is 2.29. The van der Waals surface area contributed by atoms with Crippen LogP contribution in [0.5, 0.6) is 0 Å². The lowest BCUT2D eigenvalue weighted by atomic mass is 10.1. The molecule has 5 heteroatoms. The van der Waals surface area contributed by atoms with Crippen LogP contribution in [0.15, 0.2) is 17.0 Å². The summed E-state index contributed by atoms with van der Waals surface area (Å²) < 4.78 is 0. The van der Waals surface area contributed by atoms with Gasteiger partial charge in [0, 0.05) is 9.92 Å². The summed E-state index contributed by atoms with van der Waals surface area (Å²) in [5, 5.41) is 18.0. The quantitative estimate of drug-likeness (QED) is 0.827. The molecule has 0 fully saturated rings. The van der Waals surface area contributed by atoms with Gasteiger partial charge in [0.1, 0.15) is 6.07 Å². The van der Waals surface area contributed by atoms with Crippen molar-refractivity contribution in [2.24, 2.45) is 0 Å². The van der Waals surface area contributed by atoms with E-state index in [-0.39, 0.29) is 5.75 Å². The number of benzene rings is 1. The van der Waals surface area contributed by atoms with Gasteiger partial charge in [-0.05, 0) is 24.6 Å². The van der Waals surface area contributed by atoms with E-state index in [0.29, 0.717) is 15.5 Å². The van der Waals surface area contributed by atoms with E-state index < -0.39 is 5.97 Å². The van der Waals surface area contributed by atoms with Gasteiger partial charge in [-0.1, -0.05) is 11.6 Å². The van der Waals surface area contributed by atoms with Crippen molar-refractivity contribution >= 4 is 29.3 Å². The molecule has 15 heavy (non-hydrogen) atoms. The van der Waals surface area contributed by atoms with Crippen LogP contribution in [0.2, 0.25) is 5.02 Å². The number of aliphatic carboxylic acids is 1. The number of thioether (sulfide) groups is 1. The Morgan fingerprint density at radius 2 is 2.33 bits per heavy atom. The van der Waals surface area contributed by atoms with Crippen molar-refractivity contribution in [3.8, 4) is 6.07 Å². The Bertz CT molecular complexity index is 440. The number of carboxylic acids is 1. The van der Waals surface area contributed by atoms with Crippen LogP contribution in [-0.2, 0) is 4.79 Å². The first-order valence-corrected chi connectivity index (χ1v) is 5.45. The van der Waals surface area contributed by atoms with E-state index in [1.165, 1.54) is 0 Å². The molecule has 0 saturated heterocycles. The maximum Gasteiger partial charge on any atom is 0.313 e. The van der Waals surface area contributed by atoms with E-state index in [1.807, 2.05) is 6.07 Å². The van der Waals surface area contributed by atoms with E-state index >= 15 is 0 Å². The van der Waals surface area contributed by atoms with E-state index in [1.54, 1.807) is 19.1 Å². The summed E-state index contributed by atoms with van der Waals surface area (Å²) in [5.41, 5.74) is 1.25. The van der Waals surface area contributed by atoms with Gasteiger partial charge in [-0.2, -0.15) is 5.26 Å². The summed E-state index contributed by atoms with van der Waals surface area (Å²) in [6, 6.07) is 5.34. The Hall–Kier alpha value is -1.18. The number of aryl methyl sites for hydroxylation is 1. The second kappa shape index (κ2) is 5.06. The van der Waals surface area contributed by atoms with Crippen molar-refractivity contribution in [2.45, 2.75) is 11.8 Å². The predicted octanol–water partition coefficient (Wildman–Crippen LogP) is 2.70. The molecule has 0 amide bonds. The highest BCUT2D eigenvalue weighted by Gasteiger charge is 2.09. The minimum Gasteiger partial charge on any atom is -0.481 e. The highest BCUT2D eigenvalue weighted by Crippen LogP contribution is 2.28. The Morgan fingerprint density at radius 1 is 1.67 bits per heavy atom. The maximum absolute atomic E-state index is 10.4. The van der Waals surface area contributed by atoms with Crippen molar-refractivity contribution in [1.29, 1.82) is 5.26 Å². The fraction of sp³-hybridized carbons (Fsp3) is 0.200. The first-order chi connectivity index (χ1) is 7.04. The first kappa shape index (κ1) is 11.9. The molecule has 0 spiro atoms. The van der Waals surface area contributed by atoms with Crippen LogP contribution in [0.1, 0.15) is 11.1 Å². The third kappa shape index (κ3) is 3.15. The summed E-state index contributed by atoms with van der Waals surface area (Å²) in [6.07, 6.45) is 0. The third-order valence-corrected chi connectivity index (χ3v) is 2.97. The maximum atomic E-state index is 10.4. The van der Waals surface area contributed by atoms with Gasteiger partial charge < -0.3 is 5.11 Å². The number of hydrogen-bond acceptors (Lipinski definition) is 3. The lowest BCUT2D eigenvalue weighted by Gasteiger charge is -2.05. The minimum atomic E-state index is -0.915. The van der Waals surface area contributed by atoms with Gasteiger partial charge in [0.15, 0.2) is 0 Å². The third-order valence-electron chi connectivity index (χ3n) is 1.73. The smallest absolute Gasteiger partial charge is 0.313 e. The topological polar surface area (TPSA) is 61.1 Å². The highest BCUT2D eigenvalue weighted by atomic mass is 35.5. The molecule has 0 aliphatic rings. The minimum absolute atomic E-state index is 0.0749. The normalized spacial score (nSPS) is 9.67. The van der Waals surface area contributed by atoms with Crippen LogP contribution >= 0.6 is 23.4 Å². The van der Waals surface area contributed by atoms with E-state index in [2.05, 4.69) is 0 Å². The zero-order valence-corrected chi connectivity index (χ0v) is 9.52. The number of nitriles is 1. The molecule has 3 nitrogen and oxygen atoms in total. The molecule has 78 valence electrons. The zero-order valence-electron chi connectivity index (χ0n) is 7.95. The molecule has 0 heterocycles. The second-order valence-electron chi connectivity index (χ2n) is 2.89. The zero-order chi connectivity index (χ0) is 11.4. The van der Waals surface area contributed by atoms with Gasteiger partial charge >= 0.3 is 5.97 Å². The van der Waals surface area contributed by atoms with Crippen molar-refractivity contribution < 1.29 is 9.90 Å². The molecule has 0 bridgehead atoms. The van der Waals surface area contributed by atoms with Gasteiger partial charge in [-0.15, -0.1) is 11.8 Å². The lowest BCUT2D eigenvalue weighted by Crippen LogP contribution is -1.98. The van der Waals surface area contributed by atoms with Crippen molar-refractivity contribution in [3.05, 3.63) is 28.3 Å². The second-order valence-corrected chi connectivity index (χ2v) is 4.34. The van der Waals surface area contributed by atoms with Crippen molar-refractivity contribution in [2.75, 3.05) is 5.75 Å². The van der Waals surface area contributed by atoms with Crippen LogP contribution in [0.4, 0.5) is 0 Å². The molecular weight excluding hydrogens is 234 g/mol. The average molecular weight is 242 g/mol. The SMILES string of the molecule is Cc1cc(Cl)cc(SCC(=O)O)c1C#N. The Morgan fingerprint density at radius 3 is 2.87 bits per heavy atom. The molecule has 0 radical (unpaired) electrons. The highest BCUT2D eigenvalue weighted by molar-refractivity contribution is 8.00. The van der Waals surface area contributed by atoms with Gasteiger partial charge in [-0.3, -0.25) is 4.79 Å². The molecule has 0 aliphatic carbocycles. The number of halogens is 1. The molecule has 1 rings (SSSR count). The lowest BCUT2D eigenvalue weighted by molar-refractivity contribution is -0.133. The van der Waals surface area contributed by atoms with Crippen LogP contribution in [0.3, 0.4) is 0 Å². The molecule has 1 N–H and O–H groups in total. The molecule has 0 atom stereocenters. The monoisotopic (exact) mass is 241 g/mol. The molecule has 0 aromatic heterocycles. The van der Waals surface area contributed by atoms with Gasteiger partial charge in [0.2, 0.25) is 0 Å². The summed E-state index contributed by atoms with van der Waals surface area (Å²) in [7, 11) is 0. The van der Waals surface area contributed by atoms with Crippen LogP contribution in [0.25, 0.3) is 0 Å². The van der Waals surface area contributed by atoms with Crippen LogP contribution < -0.4 is 0 Å². The molecule has 0 aliphatic heterocycles. The Balaban J connectivity index is 3.05. The van der Waals surface area contributed by atoms with Crippen LogP contribution in [0, 0.1) is 18.3 Å². The molecule has 0 saturated carbocycles. The van der Waals surface area contributed by atoms with Gasteiger partial charge in [0.25, 0.3) is 0 Å². The van der Waals surface area contributed by atoms with Gasteiger partial charge in [-0.25, -0.2) is 0 Å². The van der Waals surface area contributed by atoms with Crippen molar-refractivity contribution in [3.63, 3.8) is 0 Å². The largest absolute Gasteiger partial charge is 0.481 e. The number of carboxylic acid groups (broad SMARTS) is 1. The van der Waals surface area contributed by atoms with Crippen LogP contribution in [-0.4, -0.2) is 16.8 Å². The molecule has 1 aromatic carbocycles. The molecular formula is C10H8ClNO2S. The first-order valence-electron chi connectivity index (χ1n) is 4.09. The predicted molar refractivity (Wildman–Crippen MR) is 59.3 cm³/mol. The van der Waals surface area contributed by atoms with Crippen molar-refractivity contribution in [1.82, 2.24) is 0 Å². The number of nitrogens with zero attached hydrogens (tertiary/aromatic N) is 1. The fourth-order valence-electron chi connectivity index (χ4n) is 1.11. The molecule has 0 unspecified atom stereocenters. The average Bonchev–Trinajstić information content (AvgIpc) is 2.13. The standard InChI is InChI=1S/C10H8ClNO2S/c1-6-2-7(11)3-9(8(6)4-12)15-5-10(13)14/h2-3H,5H2,1H3,(H,13,14). The summed E-state index contributed by atoms with van der Waals surface area (Å²) >= 11 is 6.93. The van der Waals surface area contributed by atoms with E-state index in [9.17, 15) is 4.79 Å². The summed E-state index contributed by atoms with van der Waals surface area (Å²) in [5.74, 6) is -0.990. The number of hydrogen-bond donors (Lipinski definition) is 1. The Labute approximate surface area is 96.7 Å². The number of carbonyl (C=O) groups is 1. The summed E-state index contributed by atoms with van der Waals surface area (Å²) in [6.45, 7) is 1.77. The van der Waals surface area contributed by atoms with E-state index in [4.69, 9.17) is 22.0 Å². The van der Waals surface area contributed by atoms with Gasteiger partial charge in [0.05, 0.1) is 11.3 Å².